The van der Waals surface area contributed by atoms with E-state index in [1.54, 1.807) is 17.4 Å². The number of rotatable bonds is 2. The van der Waals surface area contributed by atoms with Gasteiger partial charge in [0.2, 0.25) is 0 Å². The third kappa shape index (κ3) is 1.67. The van der Waals surface area contributed by atoms with E-state index in [0.717, 1.165) is 16.5 Å². The zero-order chi connectivity index (χ0) is 9.97. The van der Waals surface area contributed by atoms with Crippen molar-refractivity contribution in [3.05, 3.63) is 23.6 Å². The molecule has 0 bridgehead atoms. The van der Waals surface area contributed by atoms with E-state index in [9.17, 15) is 0 Å². The minimum Gasteiger partial charge on any atom is -0.384 e. The monoisotopic (exact) mass is 206 g/mol. The van der Waals surface area contributed by atoms with E-state index in [0.29, 0.717) is 5.82 Å². The van der Waals surface area contributed by atoms with Crippen LogP contribution in [0.25, 0.3) is 10.7 Å². The lowest BCUT2D eigenvalue weighted by molar-refractivity contribution is 1.28. The van der Waals surface area contributed by atoms with E-state index in [4.69, 9.17) is 5.73 Å². The molecule has 2 aromatic heterocycles. The van der Waals surface area contributed by atoms with E-state index in [-0.39, 0.29) is 0 Å². The Labute approximate surface area is 85.8 Å². The maximum Gasteiger partial charge on any atom is 0.144 e. The number of hydrogen-bond acceptors (Lipinski definition) is 5. The van der Waals surface area contributed by atoms with Gasteiger partial charge in [-0.2, -0.15) is 0 Å². The summed E-state index contributed by atoms with van der Waals surface area (Å²) in [5, 5.41) is 5.79. The molecule has 2 aromatic rings. The van der Waals surface area contributed by atoms with Crippen LogP contribution in [0.2, 0.25) is 0 Å². The van der Waals surface area contributed by atoms with Crippen molar-refractivity contribution in [1.29, 1.82) is 0 Å². The zero-order valence-electron chi connectivity index (χ0n) is 7.69. The smallest absolute Gasteiger partial charge is 0.144 e. The van der Waals surface area contributed by atoms with Gasteiger partial charge < -0.3 is 11.1 Å². The molecular formula is C9H10N4S. The molecular weight excluding hydrogens is 196 g/mol. The first-order valence-corrected chi connectivity index (χ1v) is 5.04. The maximum absolute atomic E-state index is 5.59. The van der Waals surface area contributed by atoms with Crippen LogP contribution in [-0.4, -0.2) is 17.0 Å². The second-order valence-electron chi connectivity index (χ2n) is 2.74. The number of hydrogen-bond donors (Lipinski definition) is 2. The van der Waals surface area contributed by atoms with Gasteiger partial charge in [0.15, 0.2) is 0 Å². The van der Waals surface area contributed by atoms with Crippen molar-refractivity contribution < 1.29 is 0 Å². The van der Waals surface area contributed by atoms with Crippen molar-refractivity contribution in [1.82, 2.24) is 9.97 Å². The largest absolute Gasteiger partial charge is 0.384 e. The molecule has 0 saturated heterocycles. The molecule has 0 fully saturated rings. The van der Waals surface area contributed by atoms with Crippen LogP contribution in [0.4, 0.5) is 11.6 Å². The Morgan fingerprint density at radius 2 is 2.21 bits per heavy atom. The van der Waals surface area contributed by atoms with E-state index >= 15 is 0 Å². The molecule has 0 aromatic carbocycles. The van der Waals surface area contributed by atoms with Gasteiger partial charge in [-0.25, -0.2) is 9.97 Å². The number of aromatic nitrogens is 2. The Bertz CT molecular complexity index is 438. The summed E-state index contributed by atoms with van der Waals surface area (Å²) in [6.45, 7) is 0. The lowest BCUT2D eigenvalue weighted by Gasteiger charge is -1.96. The topological polar surface area (TPSA) is 63.8 Å². The highest BCUT2D eigenvalue weighted by atomic mass is 32.1. The first-order valence-electron chi connectivity index (χ1n) is 4.16. The summed E-state index contributed by atoms with van der Waals surface area (Å²) in [4.78, 5) is 8.52. The fourth-order valence-corrected chi connectivity index (χ4v) is 1.86. The Balaban J connectivity index is 2.39. The number of nitrogens with one attached hydrogen (secondary N) is 1. The van der Waals surface area contributed by atoms with Crippen LogP contribution in [0.1, 0.15) is 0 Å². The van der Waals surface area contributed by atoms with Crippen LogP contribution in [0.5, 0.6) is 0 Å². The average molecular weight is 206 g/mol. The summed E-state index contributed by atoms with van der Waals surface area (Å²) < 4.78 is 0. The summed E-state index contributed by atoms with van der Waals surface area (Å²) >= 11 is 1.54. The van der Waals surface area contributed by atoms with Gasteiger partial charge in [-0.1, -0.05) is 6.07 Å². The number of nitrogens with two attached hydrogens (primary N) is 1. The zero-order valence-corrected chi connectivity index (χ0v) is 8.51. The fourth-order valence-electron chi connectivity index (χ4n) is 1.08. The third-order valence-corrected chi connectivity index (χ3v) is 2.61. The summed E-state index contributed by atoms with van der Waals surface area (Å²) in [6.07, 6.45) is 0. The van der Waals surface area contributed by atoms with Crippen molar-refractivity contribution in [2.75, 3.05) is 18.1 Å². The molecule has 0 amide bonds. The molecule has 0 atom stereocenters. The van der Waals surface area contributed by atoms with Gasteiger partial charge in [-0.15, -0.1) is 11.3 Å². The molecule has 14 heavy (non-hydrogen) atoms. The van der Waals surface area contributed by atoms with E-state index in [2.05, 4.69) is 15.3 Å². The van der Waals surface area contributed by atoms with Crippen LogP contribution >= 0.6 is 11.3 Å². The fraction of sp³-hybridized carbons (Fsp3) is 0.111. The molecule has 0 aliphatic carbocycles. The lowest BCUT2D eigenvalue weighted by atomic mass is 10.3. The summed E-state index contributed by atoms with van der Waals surface area (Å²) in [7, 11) is 1.84. The predicted octanol–water partition coefficient (Wildman–Crippen LogP) is 1.83. The Morgan fingerprint density at radius 1 is 1.36 bits per heavy atom. The quantitative estimate of drug-likeness (QED) is 0.786. The van der Waals surface area contributed by atoms with Crippen LogP contribution in [0, 0.1) is 0 Å². The van der Waals surface area contributed by atoms with Gasteiger partial charge in [-0.05, 0) is 12.1 Å². The standard InChI is InChI=1S/C9H10N4S/c1-11-8-5-14-9(13-8)6-3-2-4-7(10)12-6/h2-5,11H,1H3,(H2,10,12). The summed E-state index contributed by atoms with van der Waals surface area (Å²) in [5.41, 5.74) is 6.40. The minimum atomic E-state index is 0.517. The van der Waals surface area contributed by atoms with Crippen LogP contribution in [0.3, 0.4) is 0 Å². The van der Waals surface area contributed by atoms with E-state index in [1.165, 1.54) is 0 Å². The molecule has 0 radical (unpaired) electrons. The van der Waals surface area contributed by atoms with Crippen molar-refractivity contribution in [3.8, 4) is 10.7 Å². The van der Waals surface area contributed by atoms with Gasteiger partial charge in [0.05, 0.1) is 0 Å². The van der Waals surface area contributed by atoms with E-state index < -0.39 is 0 Å². The van der Waals surface area contributed by atoms with Crippen LogP contribution in [-0.2, 0) is 0 Å². The molecule has 2 rings (SSSR count). The Morgan fingerprint density at radius 3 is 2.86 bits per heavy atom. The van der Waals surface area contributed by atoms with E-state index in [1.807, 2.05) is 24.6 Å². The molecule has 0 aliphatic rings. The molecule has 4 nitrogen and oxygen atoms in total. The predicted molar refractivity (Wildman–Crippen MR) is 59.3 cm³/mol. The van der Waals surface area contributed by atoms with Gasteiger partial charge >= 0.3 is 0 Å². The van der Waals surface area contributed by atoms with Crippen molar-refractivity contribution >= 4 is 23.0 Å². The molecule has 5 heteroatoms. The minimum absolute atomic E-state index is 0.517. The highest BCUT2D eigenvalue weighted by Crippen LogP contribution is 2.24. The van der Waals surface area contributed by atoms with Gasteiger partial charge in [0.25, 0.3) is 0 Å². The Hall–Kier alpha value is -1.62. The number of pyridine rings is 1. The molecule has 0 unspecified atom stereocenters. The summed E-state index contributed by atoms with van der Waals surface area (Å²) in [5.74, 6) is 1.37. The number of nitrogen functional groups attached to an aromatic ring is 1. The second-order valence-corrected chi connectivity index (χ2v) is 3.59. The third-order valence-electron chi connectivity index (χ3n) is 1.75. The van der Waals surface area contributed by atoms with Crippen LogP contribution < -0.4 is 11.1 Å². The van der Waals surface area contributed by atoms with Crippen molar-refractivity contribution in [3.63, 3.8) is 0 Å². The van der Waals surface area contributed by atoms with Gasteiger partial charge in [-0.3, -0.25) is 0 Å². The second kappa shape index (κ2) is 3.63. The first kappa shape index (κ1) is 8.96. The highest BCUT2D eigenvalue weighted by Gasteiger charge is 2.04. The average Bonchev–Trinajstić information content (AvgIpc) is 2.66. The molecule has 72 valence electrons. The number of anilines is 2. The molecule has 0 aliphatic heterocycles. The van der Waals surface area contributed by atoms with Crippen LogP contribution in [0.15, 0.2) is 23.6 Å². The van der Waals surface area contributed by atoms with Crippen molar-refractivity contribution in [2.24, 2.45) is 0 Å². The highest BCUT2D eigenvalue weighted by molar-refractivity contribution is 7.13. The van der Waals surface area contributed by atoms with Gasteiger partial charge in [0.1, 0.15) is 22.3 Å². The number of nitrogens with zero attached hydrogens (tertiary/aromatic N) is 2. The van der Waals surface area contributed by atoms with Crippen molar-refractivity contribution in [2.45, 2.75) is 0 Å². The summed E-state index contributed by atoms with van der Waals surface area (Å²) in [6, 6.07) is 5.53. The maximum atomic E-state index is 5.59. The van der Waals surface area contributed by atoms with Gasteiger partial charge in [0, 0.05) is 12.4 Å². The normalized spacial score (nSPS) is 10.1. The Kier molecular flexibility index (Phi) is 2.32. The molecule has 2 heterocycles. The SMILES string of the molecule is CNc1csc(-c2cccc(N)n2)n1. The molecule has 3 N–H and O–H groups in total. The molecule has 0 spiro atoms. The number of thiazole rings is 1. The lowest BCUT2D eigenvalue weighted by Crippen LogP contribution is -1.91. The molecule has 0 saturated carbocycles. The first-order chi connectivity index (χ1) is 6.79.